The van der Waals surface area contributed by atoms with Crippen LogP contribution in [0.15, 0.2) is 35.1 Å². The quantitative estimate of drug-likeness (QED) is 0.877. The molecule has 1 aromatic carbocycles. The molecule has 1 unspecified atom stereocenters. The van der Waals surface area contributed by atoms with Gasteiger partial charge in [-0.15, -0.1) is 0 Å². The van der Waals surface area contributed by atoms with Crippen molar-refractivity contribution in [3.63, 3.8) is 0 Å². The third kappa shape index (κ3) is 2.55. The number of aromatic nitrogens is 1. The standard InChI is InChI=1S/C15H18N2O2/c18-14-6-3-8-17(14)9-7-12-10-11-4-1-2-5-13(11)15(19)16-12/h1-2,4-5,10,14,18H,3,6-9H2,(H,16,19). The first kappa shape index (κ1) is 12.4. The van der Waals surface area contributed by atoms with E-state index in [0.717, 1.165) is 48.8 Å². The van der Waals surface area contributed by atoms with Crippen molar-refractivity contribution in [2.45, 2.75) is 25.5 Å². The molecule has 4 heteroatoms. The van der Waals surface area contributed by atoms with Gasteiger partial charge in [0.2, 0.25) is 0 Å². The third-order valence-electron chi connectivity index (χ3n) is 3.81. The van der Waals surface area contributed by atoms with E-state index < -0.39 is 0 Å². The summed E-state index contributed by atoms with van der Waals surface area (Å²) in [7, 11) is 0. The Labute approximate surface area is 111 Å². The predicted octanol–water partition coefficient (Wildman–Crippen LogP) is 1.48. The Balaban J connectivity index is 1.80. The number of hydrogen-bond donors (Lipinski definition) is 2. The van der Waals surface area contributed by atoms with Crippen LogP contribution in [0, 0.1) is 0 Å². The largest absolute Gasteiger partial charge is 0.378 e. The first-order valence-corrected chi connectivity index (χ1v) is 6.77. The number of aliphatic hydroxyl groups excluding tert-OH is 1. The molecule has 1 fully saturated rings. The molecule has 1 aliphatic rings. The van der Waals surface area contributed by atoms with Crippen molar-refractivity contribution in [3.05, 3.63) is 46.4 Å². The first-order valence-electron chi connectivity index (χ1n) is 6.77. The summed E-state index contributed by atoms with van der Waals surface area (Å²) in [6, 6.07) is 9.63. The van der Waals surface area contributed by atoms with Gasteiger partial charge in [-0.05, 0) is 30.4 Å². The van der Waals surface area contributed by atoms with E-state index >= 15 is 0 Å². The van der Waals surface area contributed by atoms with Gasteiger partial charge in [-0.2, -0.15) is 0 Å². The van der Waals surface area contributed by atoms with E-state index in [4.69, 9.17) is 0 Å². The van der Waals surface area contributed by atoms with Crippen molar-refractivity contribution in [1.82, 2.24) is 9.88 Å². The zero-order valence-electron chi connectivity index (χ0n) is 10.8. The van der Waals surface area contributed by atoms with Gasteiger partial charge >= 0.3 is 0 Å². The van der Waals surface area contributed by atoms with Crippen LogP contribution in [0.25, 0.3) is 10.8 Å². The third-order valence-corrected chi connectivity index (χ3v) is 3.81. The zero-order chi connectivity index (χ0) is 13.2. The maximum atomic E-state index is 11.9. The summed E-state index contributed by atoms with van der Waals surface area (Å²) in [5.41, 5.74) is 0.901. The number of hydrogen-bond acceptors (Lipinski definition) is 3. The van der Waals surface area contributed by atoms with Crippen molar-refractivity contribution in [3.8, 4) is 0 Å². The summed E-state index contributed by atoms with van der Waals surface area (Å²) in [5, 5.41) is 11.5. The van der Waals surface area contributed by atoms with Crippen LogP contribution in [0.2, 0.25) is 0 Å². The van der Waals surface area contributed by atoms with Gasteiger partial charge in [0.25, 0.3) is 5.56 Å². The van der Waals surface area contributed by atoms with E-state index in [1.165, 1.54) is 0 Å². The molecule has 0 saturated carbocycles. The molecule has 2 aromatic rings. The van der Waals surface area contributed by atoms with Crippen molar-refractivity contribution in [2.24, 2.45) is 0 Å². The molecule has 1 aromatic heterocycles. The molecule has 100 valence electrons. The maximum Gasteiger partial charge on any atom is 0.256 e. The van der Waals surface area contributed by atoms with Crippen molar-refractivity contribution in [2.75, 3.05) is 13.1 Å². The Kier molecular flexibility index (Phi) is 3.36. The number of likely N-dealkylation sites (tertiary alicyclic amines) is 1. The fourth-order valence-electron chi connectivity index (χ4n) is 2.73. The maximum absolute atomic E-state index is 11.9. The highest BCUT2D eigenvalue weighted by molar-refractivity contribution is 5.81. The van der Waals surface area contributed by atoms with Crippen molar-refractivity contribution < 1.29 is 5.11 Å². The minimum absolute atomic E-state index is 0.0323. The van der Waals surface area contributed by atoms with Crippen LogP contribution in [-0.4, -0.2) is 34.3 Å². The number of fused-ring (bicyclic) bond motifs is 1. The van der Waals surface area contributed by atoms with Crippen LogP contribution in [0.1, 0.15) is 18.5 Å². The second kappa shape index (κ2) is 5.15. The summed E-state index contributed by atoms with van der Waals surface area (Å²) in [6.45, 7) is 1.73. The van der Waals surface area contributed by atoms with Gasteiger partial charge in [0.05, 0.1) is 0 Å². The lowest BCUT2D eigenvalue weighted by atomic mass is 10.1. The fourth-order valence-corrected chi connectivity index (χ4v) is 2.73. The van der Waals surface area contributed by atoms with E-state index in [1.54, 1.807) is 0 Å². The Morgan fingerprint density at radius 3 is 3.00 bits per heavy atom. The van der Waals surface area contributed by atoms with E-state index in [-0.39, 0.29) is 11.8 Å². The molecule has 0 spiro atoms. The molecule has 0 bridgehead atoms. The van der Waals surface area contributed by atoms with Crippen LogP contribution in [0.3, 0.4) is 0 Å². The second-order valence-corrected chi connectivity index (χ2v) is 5.12. The number of benzene rings is 1. The molecular weight excluding hydrogens is 240 g/mol. The number of H-pyrrole nitrogens is 1. The van der Waals surface area contributed by atoms with Crippen molar-refractivity contribution in [1.29, 1.82) is 0 Å². The Bertz CT molecular complexity index is 635. The lowest BCUT2D eigenvalue weighted by Gasteiger charge is -2.19. The van der Waals surface area contributed by atoms with Crippen LogP contribution >= 0.6 is 0 Å². The Morgan fingerprint density at radius 1 is 1.37 bits per heavy atom. The summed E-state index contributed by atoms with van der Waals surface area (Å²) in [6.07, 6.45) is 2.35. The van der Waals surface area contributed by atoms with Gasteiger partial charge in [-0.1, -0.05) is 18.2 Å². The summed E-state index contributed by atoms with van der Waals surface area (Å²) in [5.74, 6) is 0. The minimum Gasteiger partial charge on any atom is -0.378 e. The molecular formula is C15H18N2O2. The SMILES string of the molecule is O=c1[nH]c(CCN2CCCC2O)cc2ccccc12. The first-order chi connectivity index (χ1) is 9.24. The molecule has 2 N–H and O–H groups in total. The minimum atomic E-state index is -0.313. The molecule has 0 radical (unpaired) electrons. The molecule has 0 amide bonds. The molecule has 1 atom stereocenters. The average Bonchev–Trinajstić information content (AvgIpc) is 2.82. The van der Waals surface area contributed by atoms with Crippen LogP contribution in [0.5, 0.6) is 0 Å². The van der Waals surface area contributed by atoms with E-state index in [1.807, 2.05) is 30.3 Å². The summed E-state index contributed by atoms with van der Waals surface area (Å²) >= 11 is 0. The number of aliphatic hydroxyl groups is 1. The monoisotopic (exact) mass is 258 g/mol. The lowest BCUT2D eigenvalue weighted by molar-refractivity contribution is 0.0390. The number of nitrogens with zero attached hydrogens (tertiary/aromatic N) is 1. The summed E-state index contributed by atoms with van der Waals surface area (Å²) < 4.78 is 0. The molecule has 1 saturated heterocycles. The Morgan fingerprint density at radius 2 is 2.21 bits per heavy atom. The normalized spacial score (nSPS) is 20.2. The van der Waals surface area contributed by atoms with Crippen molar-refractivity contribution >= 4 is 10.8 Å². The number of aromatic amines is 1. The van der Waals surface area contributed by atoms with Crippen LogP contribution < -0.4 is 5.56 Å². The highest BCUT2D eigenvalue weighted by atomic mass is 16.3. The van der Waals surface area contributed by atoms with Gasteiger partial charge in [-0.3, -0.25) is 9.69 Å². The average molecular weight is 258 g/mol. The van der Waals surface area contributed by atoms with Gasteiger partial charge in [-0.25, -0.2) is 0 Å². The second-order valence-electron chi connectivity index (χ2n) is 5.12. The number of rotatable bonds is 3. The molecule has 0 aliphatic carbocycles. The van der Waals surface area contributed by atoms with E-state index in [9.17, 15) is 9.90 Å². The van der Waals surface area contributed by atoms with Gasteiger partial charge in [0.15, 0.2) is 0 Å². The summed E-state index contributed by atoms with van der Waals surface area (Å²) in [4.78, 5) is 16.9. The smallest absolute Gasteiger partial charge is 0.256 e. The van der Waals surface area contributed by atoms with Gasteiger partial charge in [0.1, 0.15) is 6.23 Å². The van der Waals surface area contributed by atoms with E-state index in [2.05, 4.69) is 9.88 Å². The highest BCUT2D eigenvalue weighted by Gasteiger charge is 2.21. The molecule has 2 heterocycles. The number of pyridine rings is 1. The fraction of sp³-hybridized carbons (Fsp3) is 0.400. The molecule has 4 nitrogen and oxygen atoms in total. The predicted molar refractivity (Wildman–Crippen MR) is 75.1 cm³/mol. The zero-order valence-corrected chi connectivity index (χ0v) is 10.8. The Hall–Kier alpha value is -1.65. The molecule has 19 heavy (non-hydrogen) atoms. The topological polar surface area (TPSA) is 56.3 Å². The van der Waals surface area contributed by atoms with Gasteiger partial charge < -0.3 is 10.1 Å². The molecule has 1 aliphatic heterocycles. The van der Waals surface area contributed by atoms with Crippen LogP contribution in [-0.2, 0) is 6.42 Å². The van der Waals surface area contributed by atoms with Crippen LogP contribution in [0.4, 0.5) is 0 Å². The molecule has 3 rings (SSSR count). The highest BCUT2D eigenvalue weighted by Crippen LogP contribution is 2.15. The number of nitrogens with one attached hydrogen (secondary N) is 1. The lowest BCUT2D eigenvalue weighted by Crippen LogP contribution is -2.31. The van der Waals surface area contributed by atoms with E-state index in [0.29, 0.717) is 0 Å². The van der Waals surface area contributed by atoms with Gasteiger partial charge in [0, 0.05) is 30.6 Å².